The molecule has 0 N–H and O–H groups in total. The fourth-order valence-corrected chi connectivity index (χ4v) is 12.7. The van der Waals surface area contributed by atoms with Gasteiger partial charge in [-0.15, -0.1) is 22.7 Å². The van der Waals surface area contributed by atoms with Gasteiger partial charge in [0.25, 0.3) is 0 Å². The Morgan fingerprint density at radius 3 is 1.25 bits per heavy atom. The zero-order chi connectivity index (χ0) is 40.7. The minimum absolute atomic E-state index is 0.194. The molecule has 0 unspecified atom stereocenters. The average molecular weight is 817 g/mol. The number of para-hydroxylation sites is 4. The van der Waals surface area contributed by atoms with Crippen LogP contribution in [0.5, 0.6) is 0 Å². The van der Waals surface area contributed by atoms with E-state index in [-0.39, 0.29) is 33.5 Å². The zero-order valence-electron chi connectivity index (χ0n) is 33.2. The summed E-state index contributed by atoms with van der Waals surface area (Å²) in [5.41, 5.74) is 11.3. The predicted octanol–water partition coefficient (Wildman–Crippen LogP) is 13.6. The molecule has 0 spiro atoms. The molecule has 8 aromatic rings. The van der Waals surface area contributed by atoms with Crippen LogP contribution in [0.2, 0.25) is 0 Å². The van der Waals surface area contributed by atoms with Gasteiger partial charge in [0.1, 0.15) is 11.1 Å². The van der Waals surface area contributed by atoms with Gasteiger partial charge in [0.2, 0.25) is 0 Å². The number of thiophene rings is 2. The largest absolute Gasteiger partial charge is 0.418 e. The van der Waals surface area contributed by atoms with E-state index >= 15 is 0 Å². The molecule has 6 nitrogen and oxygen atoms in total. The summed E-state index contributed by atoms with van der Waals surface area (Å²) < 4.78 is 14.3. The molecule has 60 heavy (non-hydrogen) atoms. The van der Waals surface area contributed by atoms with E-state index in [0.29, 0.717) is 9.75 Å². The summed E-state index contributed by atoms with van der Waals surface area (Å²) >= 11 is 3.09. The van der Waals surface area contributed by atoms with Gasteiger partial charge in [-0.05, 0) is 82.6 Å². The highest BCUT2D eigenvalue weighted by molar-refractivity contribution is 7.21. The van der Waals surface area contributed by atoms with Gasteiger partial charge in [0.05, 0.1) is 22.7 Å². The number of fused-ring (bicyclic) bond motifs is 9. The second-order valence-electron chi connectivity index (χ2n) is 16.8. The number of hydrogen-bond acceptors (Lipinski definition) is 8. The van der Waals surface area contributed by atoms with Crippen molar-refractivity contribution in [1.82, 2.24) is 0 Å². The first-order chi connectivity index (χ1) is 29.1. The third-order valence-corrected chi connectivity index (χ3v) is 15.0. The Bertz CT molecular complexity index is 3040. The van der Waals surface area contributed by atoms with E-state index in [1.54, 1.807) is 22.7 Å². The van der Waals surface area contributed by atoms with E-state index in [2.05, 4.69) is 159 Å². The van der Waals surface area contributed by atoms with Crippen LogP contribution in [-0.2, 0) is 29.9 Å². The van der Waals surface area contributed by atoms with E-state index in [1.807, 2.05) is 24.3 Å². The van der Waals surface area contributed by atoms with Gasteiger partial charge >= 0.3 is 11.9 Å². The number of ether oxygens (including phenoxy) is 2. The second kappa shape index (κ2) is 12.4. The van der Waals surface area contributed by atoms with Gasteiger partial charge in [-0.3, -0.25) is 0 Å². The summed E-state index contributed by atoms with van der Waals surface area (Å²) in [6.07, 6.45) is 0. The minimum atomic E-state index is -0.518. The molecule has 2 aromatic heterocycles. The van der Waals surface area contributed by atoms with E-state index in [9.17, 15) is 9.59 Å². The Balaban J connectivity index is 1.00. The van der Waals surface area contributed by atoms with Crippen LogP contribution >= 0.6 is 22.7 Å². The number of anilines is 6. The fourth-order valence-electron chi connectivity index (χ4n) is 9.97. The van der Waals surface area contributed by atoms with Crippen LogP contribution in [0.15, 0.2) is 157 Å². The van der Waals surface area contributed by atoms with Crippen molar-refractivity contribution in [3.05, 3.63) is 189 Å². The molecule has 0 bridgehead atoms. The maximum atomic E-state index is 14.0. The number of benzene rings is 6. The van der Waals surface area contributed by atoms with Crippen LogP contribution in [0.3, 0.4) is 0 Å². The highest BCUT2D eigenvalue weighted by Gasteiger charge is 2.46. The second-order valence-corrected chi connectivity index (χ2v) is 18.9. The number of rotatable bonds is 4. The van der Waals surface area contributed by atoms with Crippen LogP contribution in [0.25, 0.3) is 31.3 Å². The molecule has 0 aliphatic carbocycles. The van der Waals surface area contributed by atoms with E-state index in [0.717, 1.165) is 54.3 Å². The van der Waals surface area contributed by atoms with Gasteiger partial charge in [-0.2, -0.15) is 0 Å². The van der Waals surface area contributed by atoms with Crippen molar-refractivity contribution in [1.29, 1.82) is 0 Å². The summed E-state index contributed by atoms with van der Waals surface area (Å²) in [7, 11) is 0. The Morgan fingerprint density at radius 2 is 0.833 bits per heavy atom. The van der Waals surface area contributed by atoms with Crippen molar-refractivity contribution in [3.8, 4) is 0 Å². The van der Waals surface area contributed by atoms with Crippen molar-refractivity contribution in [3.63, 3.8) is 0 Å². The average Bonchev–Trinajstić information content (AvgIpc) is 4.02. The smallest absolute Gasteiger partial charge is 0.349 e. The summed E-state index contributed by atoms with van der Waals surface area (Å²) in [6, 6.07) is 50.7. The molecule has 0 saturated carbocycles. The van der Waals surface area contributed by atoms with Crippen LogP contribution in [-0.4, -0.2) is 11.9 Å². The van der Waals surface area contributed by atoms with Gasteiger partial charge in [0.15, 0.2) is 11.5 Å². The summed E-state index contributed by atoms with van der Waals surface area (Å²) in [5.74, 6) is -0.647. The fraction of sp³-hybridized carbons (Fsp3) is 0.115. The normalized spacial score (nSPS) is 17.1. The SMILES string of the molecule is CC1(C)c2ccccc2N(c2ccccc2)c2ccc3cc(C4=C5OC(=O)C(c6cc7ccc8c(c7s6)C(C)(C)c6ccccc6N8c6ccccc6)=C5OC4=O)sc3c21. The lowest BCUT2D eigenvalue weighted by atomic mass is 9.73. The number of nitrogens with zero attached hydrogens (tertiary/aromatic N) is 2. The zero-order valence-corrected chi connectivity index (χ0v) is 34.8. The first kappa shape index (κ1) is 35.2. The van der Waals surface area contributed by atoms with Crippen LogP contribution in [0, 0.1) is 0 Å². The first-order valence-electron chi connectivity index (χ1n) is 20.1. The molecular weight excluding hydrogens is 781 g/mol. The molecule has 0 saturated heterocycles. The molecule has 0 radical (unpaired) electrons. The van der Waals surface area contributed by atoms with Crippen molar-refractivity contribution in [2.45, 2.75) is 38.5 Å². The minimum Gasteiger partial charge on any atom is -0.418 e. The lowest BCUT2D eigenvalue weighted by Crippen LogP contribution is -2.30. The van der Waals surface area contributed by atoms with Crippen molar-refractivity contribution < 1.29 is 19.1 Å². The van der Waals surface area contributed by atoms with Crippen molar-refractivity contribution >= 4 is 100 Å². The standard InChI is InChI=1S/C52H36N2O4S2/c1-51(2)33-19-11-13-21-35(33)53(31-15-7-5-8-16-31)37-25-23-29-27-39(59-47(29)43(37)51)41-45-46(58-49(41)55)42(50(56)57-45)40-28-30-24-26-38-44(48(30)60-40)52(3,4)34-20-12-14-22-36(34)54(38)32-17-9-6-10-18-32/h5-28H,1-4H3. The number of carbonyl (C=O) groups is 2. The molecule has 4 aliphatic heterocycles. The third kappa shape index (κ3) is 4.74. The summed E-state index contributed by atoms with van der Waals surface area (Å²) in [5, 5.41) is 2.03. The van der Waals surface area contributed by atoms with Crippen molar-refractivity contribution in [2.75, 3.05) is 9.80 Å². The number of esters is 2. The number of hydrogen-bond donors (Lipinski definition) is 0. The molecule has 0 fully saturated rings. The topological polar surface area (TPSA) is 59.1 Å². The van der Waals surface area contributed by atoms with Crippen molar-refractivity contribution in [2.24, 2.45) is 0 Å². The predicted molar refractivity (Wildman–Crippen MR) is 243 cm³/mol. The Hall–Kier alpha value is -6.74. The van der Waals surface area contributed by atoms with Crippen LogP contribution < -0.4 is 9.80 Å². The molecule has 290 valence electrons. The quantitative estimate of drug-likeness (QED) is 0.165. The maximum Gasteiger partial charge on any atom is 0.349 e. The molecule has 6 heterocycles. The molecule has 0 amide bonds. The molecule has 8 heteroatoms. The highest BCUT2D eigenvalue weighted by Crippen LogP contribution is 2.58. The summed E-state index contributed by atoms with van der Waals surface area (Å²) in [4.78, 5) is 34.0. The lowest BCUT2D eigenvalue weighted by molar-refractivity contribution is -0.131. The van der Waals surface area contributed by atoms with Gasteiger partial charge in [-0.25, -0.2) is 9.59 Å². The molecule has 12 rings (SSSR count). The Kier molecular flexibility index (Phi) is 7.28. The highest BCUT2D eigenvalue weighted by atomic mass is 32.1. The van der Waals surface area contributed by atoms with Gasteiger partial charge in [-0.1, -0.05) is 113 Å². The first-order valence-corrected chi connectivity index (χ1v) is 21.7. The Morgan fingerprint density at radius 1 is 0.450 bits per heavy atom. The lowest BCUT2D eigenvalue weighted by Gasteiger charge is -2.42. The van der Waals surface area contributed by atoms with E-state index in [1.165, 1.54) is 22.3 Å². The van der Waals surface area contributed by atoms with E-state index in [4.69, 9.17) is 9.47 Å². The van der Waals surface area contributed by atoms with Crippen LogP contribution in [0.1, 0.15) is 59.7 Å². The maximum absolute atomic E-state index is 14.0. The monoisotopic (exact) mass is 816 g/mol. The van der Waals surface area contributed by atoms with Gasteiger partial charge in [0, 0.05) is 52.5 Å². The number of carbonyl (C=O) groups excluding carboxylic acids is 2. The third-order valence-electron chi connectivity index (χ3n) is 12.7. The summed E-state index contributed by atoms with van der Waals surface area (Å²) in [6.45, 7) is 9.07. The Labute approximate surface area is 354 Å². The molecule has 4 aliphatic rings. The van der Waals surface area contributed by atoms with Crippen LogP contribution in [0.4, 0.5) is 34.1 Å². The molecule has 0 atom stereocenters. The molecular formula is C52H36N2O4S2. The van der Waals surface area contributed by atoms with E-state index < -0.39 is 11.9 Å². The molecule has 6 aromatic carbocycles. The van der Waals surface area contributed by atoms with Gasteiger partial charge < -0.3 is 19.3 Å².